The number of nitrogens with one attached hydrogen (secondary N) is 1. The van der Waals surface area contributed by atoms with Crippen LogP contribution in [0.2, 0.25) is 5.15 Å². The van der Waals surface area contributed by atoms with Gasteiger partial charge in [-0.1, -0.05) is 11.6 Å². The Labute approximate surface area is 105 Å². The number of halogens is 1. The molecule has 0 aliphatic rings. The van der Waals surface area contributed by atoms with Gasteiger partial charge in [0.15, 0.2) is 5.13 Å². The van der Waals surface area contributed by atoms with Crippen LogP contribution in [-0.4, -0.2) is 34.9 Å². The molecule has 0 saturated heterocycles. The molecule has 0 bridgehead atoms. The lowest BCUT2D eigenvalue weighted by Crippen LogP contribution is -2.41. The van der Waals surface area contributed by atoms with Gasteiger partial charge in [0.2, 0.25) is 5.91 Å². The van der Waals surface area contributed by atoms with Gasteiger partial charge in [0.1, 0.15) is 11.2 Å². The molecule has 1 unspecified atom stereocenters. The first-order chi connectivity index (χ1) is 7.58. The van der Waals surface area contributed by atoms with Crippen LogP contribution in [0.15, 0.2) is 5.38 Å². The highest BCUT2D eigenvalue weighted by molar-refractivity contribution is 7.14. The van der Waals surface area contributed by atoms with Gasteiger partial charge in [-0.2, -0.15) is 0 Å². The minimum atomic E-state index is -0.276. The van der Waals surface area contributed by atoms with E-state index in [1.54, 1.807) is 10.3 Å². The summed E-state index contributed by atoms with van der Waals surface area (Å²) in [5.74, 6) is 0.0799. The van der Waals surface area contributed by atoms with Crippen LogP contribution in [0.3, 0.4) is 0 Å². The Hall–Kier alpha value is -0.810. The van der Waals surface area contributed by atoms with Gasteiger partial charge in [-0.3, -0.25) is 4.79 Å². The van der Waals surface area contributed by atoms with E-state index in [9.17, 15) is 4.79 Å². The summed E-state index contributed by atoms with van der Waals surface area (Å²) in [7, 11) is 0. The molecule has 0 radical (unpaired) electrons. The third-order valence-electron chi connectivity index (χ3n) is 2.26. The predicted molar refractivity (Wildman–Crippen MR) is 68.1 cm³/mol. The second-order valence-corrected chi connectivity index (χ2v) is 4.60. The maximum absolute atomic E-state index is 11.9. The molecule has 16 heavy (non-hydrogen) atoms. The average molecular weight is 262 g/mol. The van der Waals surface area contributed by atoms with Crippen molar-refractivity contribution >= 4 is 34.0 Å². The van der Waals surface area contributed by atoms with E-state index in [1.165, 1.54) is 11.3 Å². The summed E-state index contributed by atoms with van der Waals surface area (Å²) in [5.41, 5.74) is 0. The van der Waals surface area contributed by atoms with Crippen LogP contribution in [0.25, 0.3) is 0 Å². The van der Waals surface area contributed by atoms with Gasteiger partial charge in [0.05, 0.1) is 0 Å². The number of thiazole rings is 1. The molecule has 1 rings (SSSR count). The number of nitrogens with zero attached hydrogens (tertiary/aromatic N) is 2. The highest BCUT2D eigenvalue weighted by Gasteiger charge is 2.18. The minimum Gasteiger partial charge on any atom is -0.350 e. The van der Waals surface area contributed by atoms with Crippen LogP contribution in [0.4, 0.5) is 5.13 Å². The number of rotatable bonds is 5. The lowest BCUT2D eigenvalue weighted by Gasteiger charge is -2.23. The molecule has 0 aromatic carbocycles. The van der Waals surface area contributed by atoms with Gasteiger partial charge in [-0.05, 0) is 20.8 Å². The molecule has 1 amide bonds. The van der Waals surface area contributed by atoms with Crippen molar-refractivity contribution in [3.8, 4) is 0 Å². The van der Waals surface area contributed by atoms with Gasteiger partial charge in [-0.15, -0.1) is 11.3 Å². The molecule has 0 fully saturated rings. The van der Waals surface area contributed by atoms with Crippen molar-refractivity contribution in [3.63, 3.8) is 0 Å². The van der Waals surface area contributed by atoms with Crippen LogP contribution in [0.5, 0.6) is 0 Å². The molecule has 1 heterocycles. The smallest absolute Gasteiger partial charge is 0.244 e. The summed E-state index contributed by atoms with van der Waals surface area (Å²) < 4.78 is 0. The maximum atomic E-state index is 11.9. The average Bonchev–Trinajstić information content (AvgIpc) is 2.65. The van der Waals surface area contributed by atoms with Crippen molar-refractivity contribution in [2.24, 2.45) is 0 Å². The van der Waals surface area contributed by atoms with E-state index >= 15 is 0 Å². The number of anilines is 1. The van der Waals surface area contributed by atoms with Gasteiger partial charge in [0.25, 0.3) is 0 Å². The largest absolute Gasteiger partial charge is 0.350 e. The van der Waals surface area contributed by atoms with Crippen LogP contribution >= 0.6 is 22.9 Å². The van der Waals surface area contributed by atoms with Crippen molar-refractivity contribution in [1.29, 1.82) is 0 Å². The third-order valence-corrected chi connectivity index (χ3v) is 3.36. The van der Waals surface area contributed by atoms with E-state index in [-0.39, 0.29) is 11.9 Å². The molecule has 0 spiro atoms. The molecular formula is C10H16ClN3OS. The maximum Gasteiger partial charge on any atom is 0.244 e. The molecule has 1 aromatic rings. The fourth-order valence-electron chi connectivity index (χ4n) is 1.38. The molecular weight excluding hydrogens is 246 g/mol. The summed E-state index contributed by atoms with van der Waals surface area (Å²) in [6.07, 6.45) is 0. The molecule has 0 aliphatic carbocycles. The Morgan fingerprint density at radius 3 is 2.69 bits per heavy atom. The fourth-order valence-corrected chi connectivity index (χ4v) is 2.30. The molecule has 4 nitrogen and oxygen atoms in total. The first-order valence-electron chi connectivity index (χ1n) is 5.24. The summed E-state index contributed by atoms with van der Waals surface area (Å²) >= 11 is 7.10. The zero-order valence-corrected chi connectivity index (χ0v) is 11.2. The Kier molecular flexibility index (Phi) is 5.02. The van der Waals surface area contributed by atoms with Crippen LogP contribution in [-0.2, 0) is 4.79 Å². The summed E-state index contributed by atoms with van der Waals surface area (Å²) in [5, 5.41) is 5.91. The van der Waals surface area contributed by atoms with E-state index in [0.29, 0.717) is 10.3 Å². The summed E-state index contributed by atoms with van der Waals surface area (Å²) in [6.45, 7) is 7.21. The third kappa shape index (κ3) is 3.35. The number of hydrogen-bond acceptors (Lipinski definition) is 4. The lowest BCUT2D eigenvalue weighted by atomic mass is 10.3. The van der Waals surface area contributed by atoms with Crippen molar-refractivity contribution < 1.29 is 4.79 Å². The van der Waals surface area contributed by atoms with E-state index in [2.05, 4.69) is 10.3 Å². The number of aromatic nitrogens is 1. The van der Waals surface area contributed by atoms with Crippen molar-refractivity contribution in [1.82, 2.24) is 9.88 Å². The summed E-state index contributed by atoms with van der Waals surface area (Å²) in [6, 6.07) is -0.276. The van der Waals surface area contributed by atoms with Crippen LogP contribution < -0.4 is 5.32 Å². The molecule has 1 atom stereocenters. The highest BCUT2D eigenvalue weighted by atomic mass is 35.5. The fraction of sp³-hybridized carbons (Fsp3) is 0.600. The number of likely N-dealkylation sites (N-methyl/N-ethyl adjacent to an activating group) is 1. The molecule has 90 valence electrons. The number of amides is 1. The first-order valence-corrected chi connectivity index (χ1v) is 6.50. The Morgan fingerprint density at radius 1 is 1.62 bits per heavy atom. The van der Waals surface area contributed by atoms with Crippen molar-refractivity contribution in [2.75, 3.05) is 18.4 Å². The Bertz CT molecular complexity index is 352. The van der Waals surface area contributed by atoms with Gasteiger partial charge < -0.3 is 10.2 Å². The van der Waals surface area contributed by atoms with E-state index in [1.807, 2.05) is 20.8 Å². The standard InChI is InChI=1S/C10H16ClN3OS/c1-4-14(5-2)9(15)7(3)12-10-13-8(11)6-16-10/h6-7H,4-5H2,1-3H3,(H,12,13). The van der Waals surface area contributed by atoms with Gasteiger partial charge >= 0.3 is 0 Å². The zero-order valence-electron chi connectivity index (χ0n) is 9.66. The molecule has 1 aromatic heterocycles. The normalized spacial score (nSPS) is 12.2. The van der Waals surface area contributed by atoms with Gasteiger partial charge in [0, 0.05) is 18.5 Å². The predicted octanol–water partition coefficient (Wildman–Crippen LogP) is 2.47. The van der Waals surface area contributed by atoms with Crippen molar-refractivity contribution in [2.45, 2.75) is 26.8 Å². The number of carbonyl (C=O) groups is 1. The van der Waals surface area contributed by atoms with Crippen LogP contribution in [0, 0.1) is 0 Å². The van der Waals surface area contributed by atoms with E-state index < -0.39 is 0 Å². The van der Waals surface area contributed by atoms with Crippen LogP contribution in [0.1, 0.15) is 20.8 Å². The topological polar surface area (TPSA) is 45.2 Å². The SMILES string of the molecule is CCN(CC)C(=O)C(C)Nc1nc(Cl)cs1. The highest BCUT2D eigenvalue weighted by Crippen LogP contribution is 2.19. The number of carbonyl (C=O) groups excluding carboxylic acids is 1. The quantitative estimate of drug-likeness (QED) is 0.886. The zero-order chi connectivity index (χ0) is 12.1. The molecule has 0 saturated carbocycles. The lowest BCUT2D eigenvalue weighted by molar-refractivity contribution is -0.131. The second kappa shape index (κ2) is 6.06. The molecule has 6 heteroatoms. The van der Waals surface area contributed by atoms with Crippen molar-refractivity contribution in [3.05, 3.63) is 10.5 Å². The Balaban J connectivity index is 2.57. The van der Waals surface area contributed by atoms with Gasteiger partial charge in [-0.25, -0.2) is 4.98 Å². The second-order valence-electron chi connectivity index (χ2n) is 3.35. The molecule has 0 aliphatic heterocycles. The summed E-state index contributed by atoms with van der Waals surface area (Å²) in [4.78, 5) is 17.8. The monoisotopic (exact) mass is 261 g/mol. The van der Waals surface area contributed by atoms with E-state index in [0.717, 1.165) is 13.1 Å². The Morgan fingerprint density at radius 2 is 2.25 bits per heavy atom. The van der Waals surface area contributed by atoms with E-state index in [4.69, 9.17) is 11.6 Å². The molecule has 1 N–H and O–H groups in total. The minimum absolute atomic E-state index is 0.0799. The number of hydrogen-bond donors (Lipinski definition) is 1. The first kappa shape index (κ1) is 13.3.